The molecule has 1 aromatic rings. The zero-order valence-corrected chi connectivity index (χ0v) is 11.8. The first kappa shape index (κ1) is 14.6. The van der Waals surface area contributed by atoms with Gasteiger partial charge in [0.15, 0.2) is 6.61 Å². The molecule has 100 valence electrons. The van der Waals surface area contributed by atoms with Crippen LogP contribution < -0.4 is 4.74 Å². The summed E-state index contributed by atoms with van der Waals surface area (Å²) >= 11 is 0. The molecule has 0 radical (unpaired) electrons. The number of likely N-dealkylation sites (N-methyl/N-ethyl adjacent to an activating group) is 1. The summed E-state index contributed by atoms with van der Waals surface area (Å²) in [5, 5.41) is 0. The maximum Gasteiger partial charge on any atom is 0.260 e. The highest BCUT2D eigenvalue weighted by Gasteiger charge is 2.09. The van der Waals surface area contributed by atoms with E-state index in [1.165, 1.54) is 0 Å². The summed E-state index contributed by atoms with van der Waals surface area (Å²) in [7, 11) is 1.82. The van der Waals surface area contributed by atoms with Gasteiger partial charge in [-0.3, -0.25) is 4.79 Å². The van der Waals surface area contributed by atoms with E-state index in [1.54, 1.807) is 4.90 Å². The highest BCUT2D eigenvalue weighted by Crippen LogP contribution is 2.12. The Morgan fingerprint density at radius 2 is 2.11 bits per heavy atom. The fraction of sp³-hybridized carbons (Fsp3) is 0.533. The quantitative estimate of drug-likeness (QED) is 0.776. The molecule has 0 heterocycles. The van der Waals surface area contributed by atoms with Crippen LogP contribution in [0.25, 0.3) is 0 Å². The van der Waals surface area contributed by atoms with Gasteiger partial charge < -0.3 is 9.64 Å². The first-order valence-electron chi connectivity index (χ1n) is 6.42. The van der Waals surface area contributed by atoms with Crippen molar-refractivity contribution in [2.75, 3.05) is 20.2 Å². The Labute approximate surface area is 110 Å². The molecule has 1 amide bonds. The molecule has 0 bridgehead atoms. The summed E-state index contributed by atoms with van der Waals surface area (Å²) in [6, 6.07) is 7.73. The topological polar surface area (TPSA) is 29.5 Å². The molecule has 18 heavy (non-hydrogen) atoms. The van der Waals surface area contributed by atoms with Crippen molar-refractivity contribution in [2.24, 2.45) is 5.92 Å². The van der Waals surface area contributed by atoms with E-state index in [9.17, 15) is 4.79 Å². The van der Waals surface area contributed by atoms with Gasteiger partial charge in [-0.15, -0.1) is 0 Å². The molecule has 0 saturated heterocycles. The number of ether oxygens (including phenoxy) is 1. The molecule has 0 fully saturated rings. The molecule has 0 aromatic heterocycles. The van der Waals surface area contributed by atoms with Gasteiger partial charge in [0.2, 0.25) is 0 Å². The summed E-state index contributed by atoms with van der Waals surface area (Å²) < 4.78 is 5.49. The molecule has 0 atom stereocenters. The van der Waals surface area contributed by atoms with Crippen molar-refractivity contribution in [3.8, 4) is 5.75 Å². The lowest BCUT2D eigenvalue weighted by Crippen LogP contribution is -2.32. The first-order valence-corrected chi connectivity index (χ1v) is 6.42. The molecule has 0 aliphatic carbocycles. The standard InChI is InChI=1S/C15H23NO2/c1-12(2)8-9-16(4)15(17)11-18-14-7-5-6-13(3)10-14/h5-7,10,12H,8-9,11H2,1-4H3. The molecule has 0 unspecified atom stereocenters. The molecule has 0 N–H and O–H groups in total. The number of hydrogen-bond donors (Lipinski definition) is 0. The maximum atomic E-state index is 11.8. The lowest BCUT2D eigenvalue weighted by Gasteiger charge is -2.18. The van der Waals surface area contributed by atoms with Crippen molar-refractivity contribution in [1.29, 1.82) is 0 Å². The largest absolute Gasteiger partial charge is 0.484 e. The van der Waals surface area contributed by atoms with Crippen molar-refractivity contribution >= 4 is 5.91 Å². The van der Waals surface area contributed by atoms with E-state index < -0.39 is 0 Å². The highest BCUT2D eigenvalue weighted by molar-refractivity contribution is 5.77. The monoisotopic (exact) mass is 249 g/mol. The van der Waals surface area contributed by atoms with Crippen LogP contribution >= 0.6 is 0 Å². The number of amides is 1. The normalized spacial score (nSPS) is 10.5. The van der Waals surface area contributed by atoms with Crippen LogP contribution in [0.1, 0.15) is 25.8 Å². The molecule has 0 aliphatic rings. The van der Waals surface area contributed by atoms with Gasteiger partial charge in [-0.1, -0.05) is 26.0 Å². The average Bonchev–Trinajstić information content (AvgIpc) is 2.33. The van der Waals surface area contributed by atoms with Gasteiger partial charge in [0.1, 0.15) is 5.75 Å². The van der Waals surface area contributed by atoms with E-state index in [-0.39, 0.29) is 12.5 Å². The van der Waals surface area contributed by atoms with E-state index in [2.05, 4.69) is 13.8 Å². The number of carbonyl (C=O) groups excluding carboxylic acids is 1. The fourth-order valence-corrected chi connectivity index (χ4v) is 1.54. The Balaban J connectivity index is 2.36. The maximum absolute atomic E-state index is 11.8. The molecule has 0 spiro atoms. The predicted molar refractivity (Wildman–Crippen MR) is 73.8 cm³/mol. The Bertz CT molecular complexity index is 388. The Morgan fingerprint density at radius 3 is 2.72 bits per heavy atom. The molecule has 0 aliphatic heterocycles. The minimum absolute atomic E-state index is 0.0251. The second-order valence-corrected chi connectivity index (χ2v) is 5.10. The van der Waals surface area contributed by atoms with Gasteiger partial charge in [0.05, 0.1) is 0 Å². The van der Waals surface area contributed by atoms with Gasteiger partial charge >= 0.3 is 0 Å². The van der Waals surface area contributed by atoms with Crippen LogP contribution in [0.3, 0.4) is 0 Å². The SMILES string of the molecule is Cc1cccc(OCC(=O)N(C)CCC(C)C)c1. The van der Waals surface area contributed by atoms with Crippen molar-refractivity contribution in [3.63, 3.8) is 0 Å². The summed E-state index contributed by atoms with van der Waals surface area (Å²) in [4.78, 5) is 13.5. The van der Waals surface area contributed by atoms with E-state index in [1.807, 2.05) is 38.2 Å². The lowest BCUT2D eigenvalue weighted by atomic mass is 10.1. The second kappa shape index (κ2) is 7.04. The smallest absolute Gasteiger partial charge is 0.260 e. The number of rotatable bonds is 6. The van der Waals surface area contributed by atoms with Crippen LogP contribution in [-0.2, 0) is 4.79 Å². The van der Waals surface area contributed by atoms with Crippen LogP contribution in [0.4, 0.5) is 0 Å². The predicted octanol–water partition coefficient (Wildman–Crippen LogP) is 2.88. The van der Waals surface area contributed by atoms with E-state index in [0.29, 0.717) is 5.92 Å². The number of carbonyl (C=O) groups is 1. The van der Waals surface area contributed by atoms with Crippen molar-refractivity contribution in [2.45, 2.75) is 27.2 Å². The Kier molecular flexibility index (Phi) is 5.69. The lowest BCUT2D eigenvalue weighted by molar-refractivity contribution is -0.132. The van der Waals surface area contributed by atoms with Gasteiger partial charge in [0, 0.05) is 13.6 Å². The summed E-state index contributed by atoms with van der Waals surface area (Å²) in [5.74, 6) is 1.38. The fourth-order valence-electron chi connectivity index (χ4n) is 1.54. The minimum Gasteiger partial charge on any atom is -0.484 e. The number of nitrogens with zero attached hydrogens (tertiary/aromatic N) is 1. The van der Waals surface area contributed by atoms with Crippen LogP contribution in [0.5, 0.6) is 5.75 Å². The van der Waals surface area contributed by atoms with E-state index >= 15 is 0 Å². The van der Waals surface area contributed by atoms with Gasteiger partial charge in [-0.05, 0) is 37.0 Å². The van der Waals surface area contributed by atoms with Gasteiger partial charge in [-0.2, -0.15) is 0 Å². The van der Waals surface area contributed by atoms with Crippen LogP contribution in [0.2, 0.25) is 0 Å². The van der Waals surface area contributed by atoms with Gasteiger partial charge in [-0.25, -0.2) is 0 Å². The molecule has 1 rings (SSSR count). The van der Waals surface area contributed by atoms with Crippen LogP contribution in [-0.4, -0.2) is 31.0 Å². The third-order valence-electron chi connectivity index (χ3n) is 2.82. The molecule has 0 saturated carbocycles. The molecular weight excluding hydrogens is 226 g/mol. The summed E-state index contributed by atoms with van der Waals surface area (Å²) in [6.45, 7) is 7.21. The third kappa shape index (κ3) is 5.21. The third-order valence-corrected chi connectivity index (χ3v) is 2.82. The van der Waals surface area contributed by atoms with Crippen molar-refractivity contribution < 1.29 is 9.53 Å². The molecule has 3 heteroatoms. The van der Waals surface area contributed by atoms with Crippen molar-refractivity contribution in [3.05, 3.63) is 29.8 Å². The number of benzene rings is 1. The Hall–Kier alpha value is -1.51. The summed E-state index contributed by atoms with van der Waals surface area (Å²) in [5.41, 5.74) is 1.13. The Morgan fingerprint density at radius 1 is 1.39 bits per heavy atom. The minimum atomic E-state index is 0.0251. The van der Waals surface area contributed by atoms with E-state index in [0.717, 1.165) is 24.3 Å². The van der Waals surface area contributed by atoms with Crippen LogP contribution in [0.15, 0.2) is 24.3 Å². The van der Waals surface area contributed by atoms with Crippen molar-refractivity contribution in [1.82, 2.24) is 4.90 Å². The second-order valence-electron chi connectivity index (χ2n) is 5.10. The zero-order chi connectivity index (χ0) is 13.5. The van der Waals surface area contributed by atoms with Gasteiger partial charge in [0.25, 0.3) is 5.91 Å². The number of aryl methyl sites for hydroxylation is 1. The number of hydrogen-bond acceptors (Lipinski definition) is 2. The first-order chi connectivity index (χ1) is 8.49. The molecular formula is C15H23NO2. The average molecular weight is 249 g/mol. The molecule has 1 aromatic carbocycles. The van der Waals surface area contributed by atoms with E-state index in [4.69, 9.17) is 4.74 Å². The summed E-state index contributed by atoms with van der Waals surface area (Å²) in [6.07, 6.45) is 1.02. The molecule has 3 nitrogen and oxygen atoms in total. The zero-order valence-electron chi connectivity index (χ0n) is 11.8. The van der Waals surface area contributed by atoms with Crippen LogP contribution in [0, 0.1) is 12.8 Å². The highest BCUT2D eigenvalue weighted by atomic mass is 16.5.